The SMILES string of the molecule is CCCNC(C)(CCCCN1CCOCC1)C(=O)OCC. The van der Waals surface area contributed by atoms with Crippen LogP contribution in [0.25, 0.3) is 0 Å². The third-order valence-corrected chi connectivity index (χ3v) is 4.00. The second-order valence-corrected chi connectivity index (χ2v) is 5.89. The third kappa shape index (κ3) is 6.76. The molecule has 0 amide bonds. The van der Waals surface area contributed by atoms with Gasteiger partial charge in [0.05, 0.1) is 19.8 Å². The largest absolute Gasteiger partial charge is 0.465 e. The Balaban J connectivity index is 2.32. The van der Waals surface area contributed by atoms with E-state index in [0.717, 1.165) is 65.1 Å². The number of nitrogens with one attached hydrogen (secondary N) is 1. The van der Waals surface area contributed by atoms with Crippen LogP contribution in [-0.4, -0.2) is 62.4 Å². The van der Waals surface area contributed by atoms with Gasteiger partial charge in [-0.3, -0.25) is 9.69 Å². The highest BCUT2D eigenvalue weighted by Gasteiger charge is 2.33. The topological polar surface area (TPSA) is 50.8 Å². The lowest BCUT2D eigenvalue weighted by Gasteiger charge is -2.30. The maximum atomic E-state index is 12.2. The number of rotatable bonds is 10. The van der Waals surface area contributed by atoms with Gasteiger partial charge in [-0.05, 0) is 52.6 Å². The van der Waals surface area contributed by atoms with Gasteiger partial charge in [-0.2, -0.15) is 0 Å². The molecule has 1 heterocycles. The molecule has 0 aromatic heterocycles. The van der Waals surface area contributed by atoms with E-state index in [2.05, 4.69) is 17.1 Å². The van der Waals surface area contributed by atoms with Crippen molar-refractivity contribution in [3.05, 3.63) is 0 Å². The van der Waals surface area contributed by atoms with Crippen LogP contribution < -0.4 is 5.32 Å². The van der Waals surface area contributed by atoms with Crippen molar-refractivity contribution in [1.82, 2.24) is 10.2 Å². The predicted molar refractivity (Wildman–Crippen MR) is 84.4 cm³/mol. The second-order valence-electron chi connectivity index (χ2n) is 5.89. The van der Waals surface area contributed by atoms with Crippen molar-refractivity contribution in [1.29, 1.82) is 0 Å². The average Bonchev–Trinajstić information content (AvgIpc) is 2.51. The van der Waals surface area contributed by atoms with Crippen molar-refractivity contribution in [2.45, 2.75) is 52.0 Å². The molecular weight excluding hydrogens is 268 g/mol. The summed E-state index contributed by atoms with van der Waals surface area (Å²) in [5, 5.41) is 3.36. The van der Waals surface area contributed by atoms with Gasteiger partial charge in [-0.25, -0.2) is 0 Å². The van der Waals surface area contributed by atoms with E-state index in [4.69, 9.17) is 9.47 Å². The normalized spacial score (nSPS) is 19.2. The van der Waals surface area contributed by atoms with E-state index in [1.807, 2.05) is 13.8 Å². The number of unbranched alkanes of at least 4 members (excludes halogenated alkanes) is 1. The van der Waals surface area contributed by atoms with Crippen LogP contribution in [-0.2, 0) is 14.3 Å². The number of ether oxygens (including phenoxy) is 2. The summed E-state index contributed by atoms with van der Waals surface area (Å²) in [5.74, 6) is -0.121. The first-order valence-corrected chi connectivity index (χ1v) is 8.34. The third-order valence-electron chi connectivity index (χ3n) is 4.00. The number of nitrogens with zero attached hydrogens (tertiary/aromatic N) is 1. The lowest BCUT2D eigenvalue weighted by Crippen LogP contribution is -2.50. The molecule has 0 aliphatic carbocycles. The quantitative estimate of drug-likeness (QED) is 0.492. The molecule has 1 fully saturated rings. The molecule has 0 saturated carbocycles. The Kier molecular flexibility index (Phi) is 8.88. The second kappa shape index (κ2) is 10.1. The van der Waals surface area contributed by atoms with E-state index in [9.17, 15) is 4.79 Å². The minimum atomic E-state index is -0.545. The van der Waals surface area contributed by atoms with Gasteiger partial charge in [-0.1, -0.05) is 6.92 Å². The zero-order chi connectivity index (χ0) is 15.6. The number of hydrogen-bond donors (Lipinski definition) is 1. The molecule has 5 heteroatoms. The Morgan fingerprint density at radius 3 is 2.62 bits per heavy atom. The fourth-order valence-electron chi connectivity index (χ4n) is 2.59. The van der Waals surface area contributed by atoms with Crippen LogP contribution in [0.3, 0.4) is 0 Å². The van der Waals surface area contributed by atoms with Crippen molar-refractivity contribution >= 4 is 5.97 Å². The molecule has 0 radical (unpaired) electrons. The number of morpholine rings is 1. The van der Waals surface area contributed by atoms with Gasteiger partial charge < -0.3 is 14.8 Å². The van der Waals surface area contributed by atoms with Crippen LogP contribution in [0.4, 0.5) is 0 Å². The Hall–Kier alpha value is -0.650. The molecule has 5 nitrogen and oxygen atoms in total. The van der Waals surface area contributed by atoms with Gasteiger partial charge in [0.25, 0.3) is 0 Å². The average molecular weight is 300 g/mol. The highest BCUT2D eigenvalue weighted by atomic mass is 16.5. The smallest absolute Gasteiger partial charge is 0.326 e. The molecule has 1 aliphatic heterocycles. The molecule has 0 aromatic carbocycles. The summed E-state index contributed by atoms with van der Waals surface area (Å²) in [5.41, 5.74) is -0.545. The molecule has 21 heavy (non-hydrogen) atoms. The van der Waals surface area contributed by atoms with Crippen LogP contribution in [0.2, 0.25) is 0 Å². The first kappa shape index (κ1) is 18.4. The predicted octanol–water partition coefficient (Wildman–Crippen LogP) is 1.81. The molecule has 0 spiro atoms. The minimum absolute atomic E-state index is 0.121. The molecule has 1 saturated heterocycles. The molecule has 1 aliphatic rings. The number of hydrogen-bond acceptors (Lipinski definition) is 5. The van der Waals surface area contributed by atoms with E-state index >= 15 is 0 Å². The van der Waals surface area contributed by atoms with Gasteiger partial charge in [0.15, 0.2) is 0 Å². The molecule has 1 N–H and O–H groups in total. The minimum Gasteiger partial charge on any atom is -0.465 e. The first-order valence-electron chi connectivity index (χ1n) is 8.34. The van der Waals surface area contributed by atoms with Crippen LogP contribution in [0, 0.1) is 0 Å². The van der Waals surface area contributed by atoms with Gasteiger partial charge >= 0.3 is 5.97 Å². The van der Waals surface area contributed by atoms with Crippen molar-refractivity contribution in [2.24, 2.45) is 0 Å². The van der Waals surface area contributed by atoms with E-state index < -0.39 is 5.54 Å². The summed E-state index contributed by atoms with van der Waals surface area (Å²) in [7, 11) is 0. The van der Waals surface area contributed by atoms with E-state index in [0.29, 0.717) is 6.61 Å². The molecule has 0 bridgehead atoms. The summed E-state index contributed by atoms with van der Waals surface area (Å²) >= 11 is 0. The summed E-state index contributed by atoms with van der Waals surface area (Å²) in [6.07, 6.45) is 3.99. The highest BCUT2D eigenvalue weighted by molar-refractivity contribution is 5.80. The zero-order valence-corrected chi connectivity index (χ0v) is 14.0. The number of carbonyl (C=O) groups excluding carboxylic acids is 1. The van der Waals surface area contributed by atoms with Crippen molar-refractivity contribution in [3.8, 4) is 0 Å². The Bertz CT molecular complexity index is 293. The van der Waals surface area contributed by atoms with Crippen molar-refractivity contribution in [3.63, 3.8) is 0 Å². The van der Waals surface area contributed by atoms with Crippen molar-refractivity contribution < 1.29 is 14.3 Å². The standard InChI is InChI=1S/C16H32N2O3/c1-4-9-17-16(3,15(19)21-5-2)8-6-7-10-18-11-13-20-14-12-18/h17H,4-14H2,1-3H3. The molecule has 0 aromatic rings. The monoisotopic (exact) mass is 300 g/mol. The first-order chi connectivity index (χ1) is 10.1. The van der Waals surface area contributed by atoms with E-state index in [1.54, 1.807) is 0 Å². The van der Waals surface area contributed by atoms with Crippen LogP contribution in [0.1, 0.15) is 46.5 Å². The van der Waals surface area contributed by atoms with Crippen LogP contribution in [0.5, 0.6) is 0 Å². The summed E-state index contributed by atoms with van der Waals surface area (Å²) in [6, 6.07) is 0. The Labute approximate surface area is 129 Å². The lowest BCUT2D eigenvalue weighted by molar-refractivity contribution is -0.150. The number of esters is 1. The fraction of sp³-hybridized carbons (Fsp3) is 0.938. The summed E-state index contributed by atoms with van der Waals surface area (Å²) in [4.78, 5) is 14.6. The van der Waals surface area contributed by atoms with E-state index in [-0.39, 0.29) is 5.97 Å². The molecule has 1 unspecified atom stereocenters. The Morgan fingerprint density at radius 2 is 2.00 bits per heavy atom. The number of carbonyl (C=O) groups is 1. The van der Waals surface area contributed by atoms with Gasteiger partial charge in [-0.15, -0.1) is 0 Å². The zero-order valence-electron chi connectivity index (χ0n) is 14.0. The summed E-state index contributed by atoms with van der Waals surface area (Å²) in [6.45, 7) is 12.1. The summed E-state index contributed by atoms with van der Waals surface area (Å²) < 4.78 is 10.6. The maximum absolute atomic E-state index is 12.2. The Morgan fingerprint density at radius 1 is 1.29 bits per heavy atom. The van der Waals surface area contributed by atoms with Gasteiger partial charge in [0.1, 0.15) is 5.54 Å². The molecule has 1 atom stereocenters. The lowest BCUT2D eigenvalue weighted by atomic mass is 9.94. The fourth-order valence-corrected chi connectivity index (χ4v) is 2.59. The molecule has 1 rings (SSSR count). The molecular formula is C16H32N2O3. The van der Waals surface area contributed by atoms with Gasteiger partial charge in [0, 0.05) is 13.1 Å². The highest BCUT2D eigenvalue weighted by Crippen LogP contribution is 2.17. The van der Waals surface area contributed by atoms with Crippen LogP contribution >= 0.6 is 0 Å². The van der Waals surface area contributed by atoms with Crippen molar-refractivity contribution in [2.75, 3.05) is 46.0 Å². The van der Waals surface area contributed by atoms with Gasteiger partial charge in [0.2, 0.25) is 0 Å². The molecule has 124 valence electrons. The van der Waals surface area contributed by atoms with E-state index in [1.165, 1.54) is 0 Å². The van der Waals surface area contributed by atoms with Crippen LogP contribution in [0.15, 0.2) is 0 Å². The maximum Gasteiger partial charge on any atom is 0.326 e.